The molecule has 0 unspecified atom stereocenters. The highest BCUT2D eigenvalue weighted by Gasteiger charge is 2.54. The third-order valence-electron chi connectivity index (χ3n) is 6.75. The van der Waals surface area contributed by atoms with Crippen LogP contribution in [0.2, 0.25) is 0 Å². The van der Waals surface area contributed by atoms with Gasteiger partial charge in [0, 0.05) is 30.5 Å². The quantitative estimate of drug-likeness (QED) is 0.275. The smallest absolute Gasteiger partial charge is 0.150 e. The SMILES string of the molecule is COc1cc2nccc(Oc3ccc(CC(=O)C4(C(=O)Cc5ccc(F)cc5)CC4)cc3)c2cc1C#N. The fourth-order valence-electron chi connectivity index (χ4n) is 4.45. The van der Waals surface area contributed by atoms with Crippen LogP contribution in [0.1, 0.15) is 29.5 Å². The third-order valence-corrected chi connectivity index (χ3v) is 6.75. The Bertz CT molecular complexity index is 1540. The van der Waals surface area contributed by atoms with Crippen LogP contribution in [0.25, 0.3) is 10.9 Å². The Kier molecular flexibility index (Phi) is 6.41. The maximum Gasteiger partial charge on any atom is 0.150 e. The third kappa shape index (κ3) is 4.91. The summed E-state index contributed by atoms with van der Waals surface area (Å²) in [6.45, 7) is 0. The molecule has 0 spiro atoms. The molecular weight excluding hydrogens is 471 g/mol. The van der Waals surface area contributed by atoms with E-state index < -0.39 is 5.41 Å². The molecule has 0 saturated heterocycles. The first-order chi connectivity index (χ1) is 17.9. The van der Waals surface area contributed by atoms with Crippen LogP contribution >= 0.6 is 0 Å². The molecule has 0 atom stereocenters. The zero-order valence-corrected chi connectivity index (χ0v) is 20.2. The molecule has 3 aromatic carbocycles. The second kappa shape index (κ2) is 9.82. The first-order valence-corrected chi connectivity index (χ1v) is 11.9. The number of Topliss-reactive ketones (excluding diaryl/α,β-unsaturated/α-hetero) is 2. The standard InChI is InChI=1S/C30H23FN2O4/c1-36-27-17-25-24(16-21(27)18-32)26(10-13-33-25)37-23-8-4-20(5-9-23)15-29(35)30(11-12-30)28(34)14-19-2-6-22(31)7-3-19/h2-10,13,16-17H,11-12,14-15H2,1H3. The van der Waals surface area contributed by atoms with Gasteiger partial charge in [-0.3, -0.25) is 14.6 Å². The number of carbonyl (C=O) groups is 2. The number of ketones is 2. The van der Waals surface area contributed by atoms with Crippen LogP contribution < -0.4 is 9.47 Å². The highest BCUT2D eigenvalue weighted by atomic mass is 19.1. The molecule has 0 amide bonds. The molecule has 1 saturated carbocycles. The average molecular weight is 495 g/mol. The van der Waals surface area contributed by atoms with Crippen LogP contribution in [0.15, 0.2) is 72.9 Å². The molecule has 1 aliphatic rings. The molecule has 4 aromatic rings. The average Bonchev–Trinajstić information content (AvgIpc) is 3.73. The van der Waals surface area contributed by atoms with Crippen molar-refractivity contribution in [1.29, 1.82) is 5.26 Å². The zero-order chi connectivity index (χ0) is 26.0. The van der Waals surface area contributed by atoms with Crippen molar-refractivity contribution in [1.82, 2.24) is 4.98 Å². The van der Waals surface area contributed by atoms with E-state index in [9.17, 15) is 19.2 Å². The number of hydrogen-bond donors (Lipinski definition) is 0. The largest absolute Gasteiger partial charge is 0.495 e. The number of fused-ring (bicyclic) bond motifs is 1. The number of benzene rings is 3. The van der Waals surface area contributed by atoms with Gasteiger partial charge < -0.3 is 9.47 Å². The van der Waals surface area contributed by atoms with Crippen molar-refractivity contribution in [2.45, 2.75) is 25.7 Å². The topological polar surface area (TPSA) is 89.3 Å². The van der Waals surface area contributed by atoms with E-state index in [-0.39, 0.29) is 30.2 Å². The Morgan fingerprint density at radius 1 is 0.946 bits per heavy atom. The number of aromatic nitrogens is 1. The van der Waals surface area contributed by atoms with E-state index in [1.807, 2.05) is 0 Å². The van der Waals surface area contributed by atoms with Crippen molar-refractivity contribution in [3.8, 4) is 23.3 Å². The van der Waals surface area contributed by atoms with Crippen LogP contribution in [-0.4, -0.2) is 23.7 Å². The summed E-state index contributed by atoms with van der Waals surface area (Å²) >= 11 is 0. The van der Waals surface area contributed by atoms with Crippen molar-refractivity contribution in [3.63, 3.8) is 0 Å². The number of nitriles is 1. The molecule has 184 valence electrons. The summed E-state index contributed by atoms with van der Waals surface area (Å²) in [6.07, 6.45) is 3.00. The van der Waals surface area contributed by atoms with Gasteiger partial charge in [-0.25, -0.2) is 4.39 Å². The van der Waals surface area contributed by atoms with E-state index >= 15 is 0 Å². The lowest BCUT2D eigenvalue weighted by atomic mass is 9.88. The van der Waals surface area contributed by atoms with Crippen LogP contribution in [0.5, 0.6) is 17.2 Å². The molecule has 6 nitrogen and oxygen atoms in total. The Morgan fingerprint density at radius 2 is 1.57 bits per heavy atom. The Balaban J connectivity index is 1.27. The maximum atomic E-state index is 13.2. The summed E-state index contributed by atoms with van der Waals surface area (Å²) in [5.74, 6) is 0.986. The second-order valence-electron chi connectivity index (χ2n) is 9.15. The van der Waals surface area contributed by atoms with Gasteiger partial charge in [0.2, 0.25) is 0 Å². The number of methoxy groups -OCH3 is 1. The summed E-state index contributed by atoms with van der Waals surface area (Å²) in [5.41, 5.74) is 1.57. The number of ether oxygens (including phenoxy) is 2. The van der Waals surface area contributed by atoms with Crippen LogP contribution in [0.4, 0.5) is 4.39 Å². The second-order valence-corrected chi connectivity index (χ2v) is 9.15. The molecule has 0 radical (unpaired) electrons. The minimum Gasteiger partial charge on any atom is -0.495 e. The molecule has 5 rings (SSSR count). The van der Waals surface area contributed by atoms with Crippen molar-refractivity contribution >= 4 is 22.5 Å². The molecule has 1 aliphatic carbocycles. The van der Waals surface area contributed by atoms with E-state index in [0.717, 1.165) is 5.56 Å². The summed E-state index contributed by atoms with van der Waals surface area (Å²) in [5, 5.41) is 10.1. The minimum atomic E-state index is -0.932. The fraction of sp³-hybridized carbons (Fsp3) is 0.200. The number of rotatable bonds is 9. The van der Waals surface area contributed by atoms with Crippen LogP contribution in [0, 0.1) is 22.6 Å². The predicted octanol–water partition coefficient (Wildman–Crippen LogP) is 5.75. The predicted molar refractivity (Wildman–Crippen MR) is 135 cm³/mol. The number of nitrogens with zero attached hydrogens (tertiary/aromatic N) is 2. The monoisotopic (exact) mass is 494 g/mol. The van der Waals surface area contributed by atoms with Crippen molar-refractivity contribution in [2.75, 3.05) is 7.11 Å². The normalized spacial score (nSPS) is 13.5. The van der Waals surface area contributed by atoms with Crippen molar-refractivity contribution in [2.24, 2.45) is 5.41 Å². The summed E-state index contributed by atoms with van der Waals surface area (Å²) in [6, 6.07) is 20.2. The zero-order valence-electron chi connectivity index (χ0n) is 20.2. The van der Waals surface area contributed by atoms with E-state index in [4.69, 9.17) is 9.47 Å². The van der Waals surface area contributed by atoms with Gasteiger partial charge in [0.25, 0.3) is 0 Å². The Hall–Kier alpha value is -4.57. The highest BCUT2D eigenvalue weighted by molar-refractivity contribution is 6.10. The molecule has 0 N–H and O–H groups in total. The number of halogens is 1. The number of hydrogen-bond acceptors (Lipinski definition) is 6. The molecule has 7 heteroatoms. The van der Waals surface area contributed by atoms with Crippen molar-refractivity contribution in [3.05, 3.63) is 95.4 Å². The number of pyridine rings is 1. The minimum absolute atomic E-state index is 0.0913. The van der Waals surface area contributed by atoms with Gasteiger partial charge in [-0.05, 0) is 60.4 Å². The lowest BCUT2D eigenvalue weighted by Gasteiger charge is -2.14. The lowest BCUT2D eigenvalue weighted by Crippen LogP contribution is -2.28. The number of carbonyl (C=O) groups excluding carboxylic acids is 2. The van der Waals surface area contributed by atoms with E-state index in [1.165, 1.54) is 19.2 Å². The molecule has 37 heavy (non-hydrogen) atoms. The van der Waals surface area contributed by atoms with Gasteiger partial charge in [-0.2, -0.15) is 5.26 Å². The molecule has 0 bridgehead atoms. The van der Waals surface area contributed by atoms with Crippen LogP contribution in [-0.2, 0) is 22.4 Å². The molecule has 1 fully saturated rings. The lowest BCUT2D eigenvalue weighted by molar-refractivity contribution is -0.133. The van der Waals surface area contributed by atoms with Crippen LogP contribution in [0.3, 0.4) is 0 Å². The summed E-state index contributed by atoms with van der Waals surface area (Å²) in [7, 11) is 1.50. The van der Waals surface area contributed by atoms with Gasteiger partial charge in [-0.15, -0.1) is 0 Å². The Morgan fingerprint density at radius 3 is 2.14 bits per heavy atom. The molecule has 0 aliphatic heterocycles. The fourth-order valence-corrected chi connectivity index (χ4v) is 4.45. The first-order valence-electron chi connectivity index (χ1n) is 11.9. The molecular formula is C30H23FN2O4. The van der Waals surface area contributed by atoms with Gasteiger partial charge in [0.15, 0.2) is 11.6 Å². The van der Waals surface area contributed by atoms with E-state index in [2.05, 4.69) is 11.1 Å². The van der Waals surface area contributed by atoms with Gasteiger partial charge in [-0.1, -0.05) is 24.3 Å². The molecule has 1 aromatic heterocycles. The summed E-state index contributed by atoms with van der Waals surface area (Å²) in [4.78, 5) is 30.3. The van der Waals surface area contributed by atoms with Gasteiger partial charge >= 0.3 is 0 Å². The summed E-state index contributed by atoms with van der Waals surface area (Å²) < 4.78 is 24.5. The maximum absolute atomic E-state index is 13.2. The first kappa shape index (κ1) is 24.1. The highest BCUT2D eigenvalue weighted by Crippen LogP contribution is 2.48. The van der Waals surface area contributed by atoms with Crippen molar-refractivity contribution < 1.29 is 23.5 Å². The van der Waals surface area contributed by atoms with Gasteiger partial charge in [0.1, 0.15) is 29.1 Å². The van der Waals surface area contributed by atoms with Gasteiger partial charge in [0.05, 0.1) is 23.6 Å². The Labute approximate surface area is 213 Å². The van der Waals surface area contributed by atoms with E-state index in [0.29, 0.717) is 52.1 Å². The molecule has 1 heterocycles. The van der Waals surface area contributed by atoms with E-state index in [1.54, 1.807) is 60.8 Å².